The lowest BCUT2D eigenvalue weighted by molar-refractivity contribution is 0.731. The zero-order valence-electron chi connectivity index (χ0n) is 17.2. The fourth-order valence-electron chi connectivity index (χ4n) is 2.43. The molecule has 0 saturated heterocycles. The van der Waals surface area contributed by atoms with Crippen LogP contribution in [0.2, 0.25) is 0 Å². The first-order valence-electron chi connectivity index (χ1n) is 9.65. The average molecular weight is 337 g/mol. The molecule has 2 aromatic carbocycles. The van der Waals surface area contributed by atoms with E-state index < -0.39 is 0 Å². The fraction of sp³-hybridized carbons (Fsp3) is 0.440. The third kappa shape index (κ3) is 8.20. The minimum absolute atomic E-state index is 0.632. The summed E-state index contributed by atoms with van der Waals surface area (Å²) in [6.45, 7) is 17.0. The van der Waals surface area contributed by atoms with Gasteiger partial charge in [0.25, 0.3) is 0 Å². The first kappa shape index (κ1) is 21.2. The summed E-state index contributed by atoms with van der Waals surface area (Å²) in [5, 5.41) is 0. The van der Waals surface area contributed by atoms with E-state index in [-0.39, 0.29) is 0 Å². The molecule has 25 heavy (non-hydrogen) atoms. The summed E-state index contributed by atoms with van der Waals surface area (Å²) in [6.07, 6.45) is 5.68. The molecule has 0 bridgehead atoms. The number of rotatable bonds is 3. The zero-order valence-corrected chi connectivity index (χ0v) is 17.2. The van der Waals surface area contributed by atoms with Crippen LogP contribution < -0.4 is 0 Å². The minimum Gasteiger partial charge on any atom is -0.0955 e. The summed E-state index contributed by atoms with van der Waals surface area (Å²) in [4.78, 5) is 0. The standard InChI is InChI=1S/C13H18.C9H12.C3H6/c1-5-11(4)13-9-7-6-8-12(13)10(2)3;1-7-4-5-8(2)9(3)6-7;1-2-3-1/h6-9,11H,2,5H2,1,3-4H3;4-6H,1-3H3;1-3H2/t11-;;/m1../s1. The average Bonchev–Trinajstić information content (AvgIpc) is 3.47. The smallest absolute Gasteiger partial charge is 0.0187 e. The second-order valence-electron chi connectivity index (χ2n) is 7.33. The summed E-state index contributed by atoms with van der Waals surface area (Å²) in [7, 11) is 0. The monoisotopic (exact) mass is 336 g/mol. The fourth-order valence-corrected chi connectivity index (χ4v) is 2.43. The Morgan fingerprint density at radius 2 is 1.56 bits per heavy atom. The van der Waals surface area contributed by atoms with Gasteiger partial charge in [-0.2, -0.15) is 0 Å². The Morgan fingerprint density at radius 3 is 2.00 bits per heavy atom. The third-order valence-electron chi connectivity index (χ3n) is 4.58. The van der Waals surface area contributed by atoms with Crippen LogP contribution in [0.25, 0.3) is 5.57 Å². The van der Waals surface area contributed by atoms with Crippen molar-refractivity contribution < 1.29 is 0 Å². The van der Waals surface area contributed by atoms with Gasteiger partial charge in [0.1, 0.15) is 0 Å². The van der Waals surface area contributed by atoms with E-state index in [4.69, 9.17) is 0 Å². The van der Waals surface area contributed by atoms with Crippen LogP contribution in [0.15, 0.2) is 49.0 Å². The summed E-state index contributed by atoms with van der Waals surface area (Å²) in [5.74, 6) is 0.632. The van der Waals surface area contributed by atoms with Gasteiger partial charge >= 0.3 is 0 Å². The molecule has 0 radical (unpaired) electrons. The first-order valence-corrected chi connectivity index (χ1v) is 9.65. The number of aryl methyl sites for hydroxylation is 3. The van der Waals surface area contributed by atoms with Crippen LogP contribution in [-0.2, 0) is 0 Å². The lowest BCUT2D eigenvalue weighted by atomic mass is 9.91. The van der Waals surface area contributed by atoms with E-state index in [9.17, 15) is 0 Å². The predicted octanol–water partition coefficient (Wildman–Crippen LogP) is 8.02. The molecule has 136 valence electrons. The van der Waals surface area contributed by atoms with Gasteiger partial charge in [0.05, 0.1) is 0 Å². The van der Waals surface area contributed by atoms with E-state index in [1.54, 1.807) is 0 Å². The van der Waals surface area contributed by atoms with Crippen molar-refractivity contribution in [1.29, 1.82) is 0 Å². The number of hydrogen-bond acceptors (Lipinski definition) is 0. The largest absolute Gasteiger partial charge is 0.0955 e. The van der Waals surface area contributed by atoms with Crippen LogP contribution in [0.1, 0.15) is 80.2 Å². The van der Waals surface area contributed by atoms with Crippen LogP contribution in [0.4, 0.5) is 0 Å². The van der Waals surface area contributed by atoms with Crippen molar-refractivity contribution in [2.24, 2.45) is 0 Å². The highest BCUT2D eigenvalue weighted by Gasteiger charge is 2.07. The van der Waals surface area contributed by atoms with Gasteiger partial charge in [0.15, 0.2) is 0 Å². The lowest BCUT2D eigenvalue weighted by Crippen LogP contribution is -1.95. The quantitative estimate of drug-likeness (QED) is 0.532. The van der Waals surface area contributed by atoms with E-state index >= 15 is 0 Å². The molecule has 0 aromatic heterocycles. The highest BCUT2D eigenvalue weighted by atomic mass is 14.1. The summed E-state index contributed by atoms with van der Waals surface area (Å²) < 4.78 is 0. The molecule has 1 saturated carbocycles. The molecule has 1 fully saturated rings. The molecule has 1 atom stereocenters. The van der Waals surface area contributed by atoms with E-state index in [0.29, 0.717) is 5.92 Å². The maximum Gasteiger partial charge on any atom is -0.0187 e. The SMILES string of the molecule is C1CC1.C=C(C)c1ccccc1[C@H](C)CC.Cc1ccc(C)c(C)c1. The topological polar surface area (TPSA) is 0 Å². The Kier molecular flexibility index (Phi) is 9.27. The van der Waals surface area contributed by atoms with Gasteiger partial charge in [-0.3, -0.25) is 0 Å². The van der Waals surface area contributed by atoms with E-state index in [0.717, 1.165) is 5.57 Å². The Balaban J connectivity index is 0.000000223. The maximum absolute atomic E-state index is 4.00. The molecule has 0 nitrogen and oxygen atoms in total. The van der Waals surface area contributed by atoms with Gasteiger partial charge in [0.2, 0.25) is 0 Å². The number of benzene rings is 2. The molecule has 0 heteroatoms. The van der Waals surface area contributed by atoms with Gasteiger partial charge in [0, 0.05) is 0 Å². The van der Waals surface area contributed by atoms with Gasteiger partial charge in [-0.05, 0) is 62.3 Å². The van der Waals surface area contributed by atoms with Gasteiger partial charge in [-0.15, -0.1) is 0 Å². The van der Waals surface area contributed by atoms with Crippen molar-refractivity contribution in [1.82, 2.24) is 0 Å². The van der Waals surface area contributed by atoms with E-state index in [1.165, 1.54) is 53.5 Å². The predicted molar refractivity (Wildman–Crippen MR) is 114 cm³/mol. The molecule has 0 N–H and O–H groups in total. The Bertz CT molecular complexity index is 659. The molecule has 1 aliphatic carbocycles. The third-order valence-corrected chi connectivity index (χ3v) is 4.58. The second-order valence-corrected chi connectivity index (χ2v) is 7.33. The lowest BCUT2D eigenvalue weighted by Gasteiger charge is -2.14. The highest BCUT2D eigenvalue weighted by Crippen LogP contribution is 2.26. The molecule has 0 aliphatic heterocycles. The maximum atomic E-state index is 4.00. The first-order chi connectivity index (χ1) is 11.9. The summed E-state index contributed by atoms with van der Waals surface area (Å²) in [5.41, 5.74) is 8.01. The van der Waals surface area contributed by atoms with Crippen LogP contribution in [0, 0.1) is 20.8 Å². The summed E-state index contributed by atoms with van der Waals surface area (Å²) >= 11 is 0. The van der Waals surface area contributed by atoms with E-state index in [2.05, 4.69) is 90.6 Å². The van der Waals surface area contributed by atoms with Crippen LogP contribution >= 0.6 is 0 Å². The van der Waals surface area contributed by atoms with E-state index in [1.807, 2.05) is 0 Å². The van der Waals surface area contributed by atoms with Gasteiger partial charge in [-0.25, -0.2) is 0 Å². The van der Waals surface area contributed by atoms with Gasteiger partial charge in [-0.1, -0.05) is 93.3 Å². The molecular formula is C25H36. The van der Waals surface area contributed by atoms with Crippen LogP contribution in [0.5, 0.6) is 0 Å². The summed E-state index contributed by atoms with van der Waals surface area (Å²) in [6, 6.07) is 15.0. The van der Waals surface area contributed by atoms with Gasteiger partial charge < -0.3 is 0 Å². The van der Waals surface area contributed by atoms with Crippen LogP contribution in [-0.4, -0.2) is 0 Å². The van der Waals surface area contributed by atoms with Crippen molar-refractivity contribution in [3.05, 3.63) is 76.9 Å². The molecular weight excluding hydrogens is 300 g/mol. The zero-order chi connectivity index (χ0) is 18.8. The Hall–Kier alpha value is -1.82. The Morgan fingerprint density at radius 1 is 0.960 bits per heavy atom. The molecule has 3 rings (SSSR count). The number of hydrogen-bond donors (Lipinski definition) is 0. The van der Waals surface area contributed by atoms with Crippen molar-refractivity contribution in [3.8, 4) is 0 Å². The van der Waals surface area contributed by atoms with Crippen molar-refractivity contribution in [3.63, 3.8) is 0 Å². The normalized spacial score (nSPS) is 12.9. The van der Waals surface area contributed by atoms with Crippen molar-refractivity contribution >= 4 is 5.57 Å². The molecule has 0 amide bonds. The van der Waals surface area contributed by atoms with Crippen molar-refractivity contribution in [2.75, 3.05) is 0 Å². The van der Waals surface area contributed by atoms with Crippen LogP contribution in [0.3, 0.4) is 0 Å². The molecule has 1 aliphatic rings. The molecule has 0 unspecified atom stereocenters. The molecule has 2 aromatic rings. The Labute approximate surface area is 156 Å². The number of allylic oxidation sites excluding steroid dienone is 1. The molecule has 0 heterocycles. The second kappa shape index (κ2) is 10.9. The van der Waals surface area contributed by atoms with Crippen molar-refractivity contribution in [2.45, 2.75) is 73.1 Å². The molecule has 0 spiro atoms. The minimum atomic E-state index is 0.632. The highest BCUT2D eigenvalue weighted by molar-refractivity contribution is 5.65.